The molecule has 0 aromatic carbocycles. The minimum atomic E-state index is 0.630. The number of likely N-dealkylation sites (N-methyl/N-ethyl adjacent to an activating group) is 1. The Morgan fingerprint density at radius 2 is 1.56 bits per heavy atom. The standard InChI is InChI=1S/C11H24ClNO3/c1-3-13(5-4-12)6-7-15-10-11-16-9-8-14-2/h3-11H2,1-2H3. The van der Waals surface area contributed by atoms with Gasteiger partial charge < -0.3 is 19.1 Å². The van der Waals surface area contributed by atoms with E-state index in [-0.39, 0.29) is 0 Å². The van der Waals surface area contributed by atoms with Crippen molar-refractivity contribution in [2.75, 3.05) is 65.7 Å². The molecule has 0 radical (unpaired) electrons. The first-order valence-electron chi connectivity index (χ1n) is 5.77. The molecule has 5 heteroatoms. The normalized spacial score (nSPS) is 11.2. The van der Waals surface area contributed by atoms with Crippen molar-refractivity contribution < 1.29 is 14.2 Å². The molecule has 0 rings (SSSR count). The van der Waals surface area contributed by atoms with Gasteiger partial charge >= 0.3 is 0 Å². The van der Waals surface area contributed by atoms with E-state index < -0.39 is 0 Å². The van der Waals surface area contributed by atoms with Crippen LogP contribution in [0.15, 0.2) is 0 Å². The second kappa shape index (κ2) is 13.2. The predicted octanol–water partition coefficient (Wildman–Crippen LogP) is 1.23. The van der Waals surface area contributed by atoms with E-state index in [1.54, 1.807) is 7.11 Å². The van der Waals surface area contributed by atoms with Crippen molar-refractivity contribution in [3.63, 3.8) is 0 Å². The summed E-state index contributed by atoms with van der Waals surface area (Å²) in [5.41, 5.74) is 0. The largest absolute Gasteiger partial charge is 0.382 e. The Morgan fingerprint density at radius 3 is 2.12 bits per heavy atom. The van der Waals surface area contributed by atoms with Gasteiger partial charge in [-0.2, -0.15) is 0 Å². The topological polar surface area (TPSA) is 30.9 Å². The second-order valence-electron chi connectivity index (χ2n) is 3.34. The number of rotatable bonds is 12. The van der Waals surface area contributed by atoms with Crippen molar-refractivity contribution in [3.05, 3.63) is 0 Å². The van der Waals surface area contributed by atoms with E-state index in [1.807, 2.05) is 0 Å². The highest BCUT2D eigenvalue weighted by Crippen LogP contribution is 1.90. The summed E-state index contributed by atoms with van der Waals surface area (Å²) >= 11 is 5.67. The number of methoxy groups -OCH3 is 1. The average Bonchev–Trinajstić information content (AvgIpc) is 2.31. The lowest BCUT2D eigenvalue weighted by Gasteiger charge is -2.18. The van der Waals surface area contributed by atoms with Gasteiger partial charge in [0.25, 0.3) is 0 Å². The number of halogens is 1. The van der Waals surface area contributed by atoms with Gasteiger partial charge in [0.1, 0.15) is 0 Å². The number of alkyl halides is 1. The highest BCUT2D eigenvalue weighted by molar-refractivity contribution is 6.18. The minimum absolute atomic E-state index is 0.630. The zero-order chi connectivity index (χ0) is 12.1. The quantitative estimate of drug-likeness (QED) is 0.387. The van der Waals surface area contributed by atoms with Crippen LogP contribution < -0.4 is 0 Å². The Labute approximate surface area is 104 Å². The summed E-state index contributed by atoms with van der Waals surface area (Å²) in [6, 6.07) is 0. The summed E-state index contributed by atoms with van der Waals surface area (Å²) < 4.78 is 15.6. The molecule has 0 fully saturated rings. The summed E-state index contributed by atoms with van der Waals surface area (Å²) in [5.74, 6) is 0.675. The molecule has 0 N–H and O–H groups in total. The lowest BCUT2D eigenvalue weighted by atomic mass is 10.5. The van der Waals surface area contributed by atoms with Gasteiger partial charge in [-0.25, -0.2) is 0 Å². The van der Waals surface area contributed by atoms with Gasteiger partial charge in [0.15, 0.2) is 0 Å². The van der Waals surface area contributed by atoms with Crippen molar-refractivity contribution in [1.29, 1.82) is 0 Å². The van der Waals surface area contributed by atoms with E-state index in [9.17, 15) is 0 Å². The molecule has 0 heterocycles. The summed E-state index contributed by atoms with van der Waals surface area (Å²) in [7, 11) is 1.66. The Bertz CT molecular complexity index is 138. The number of ether oxygens (including phenoxy) is 3. The third-order valence-corrected chi connectivity index (χ3v) is 2.37. The zero-order valence-corrected chi connectivity index (χ0v) is 11.2. The van der Waals surface area contributed by atoms with Crippen molar-refractivity contribution in [3.8, 4) is 0 Å². The van der Waals surface area contributed by atoms with Crippen molar-refractivity contribution in [2.24, 2.45) is 0 Å². The molecule has 0 aliphatic heterocycles. The fourth-order valence-electron chi connectivity index (χ4n) is 1.21. The molecule has 0 amide bonds. The van der Waals surface area contributed by atoms with E-state index >= 15 is 0 Å². The van der Waals surface area contributed by atoms with Crippen LogP contribution in [0.2, 0.25) is 0 Å². The van der Waals surface area contributed by atoms with Crippen LogP contribution in [-0.2, 0) is 14.2 Å². The van der Waals surface area contributed by atoms with E-state index in [0.717, 1.165) is 26.2 Å². The summed E-state index contributed by atoms with van der Waals surface area (Å²) in [6.07, 6.45) is 0. The Balaban J connectivity index is 3.12. The second-order valence-corrected chi connectivity index (χ2v) is 3.72. The monoisotopic (exact) mass is 253 g/mol. The lowest BCUT2D eigenvalue weighted by molar-refractivity contribution is 0.0201. The van der Waals surface area contributed by atoms with Gasteiger partial charge in [-0.05, 0) is 6.54 Å². The van der Waals surface area contributed by atoms with E-state index in [0.29, 0.717) is 32.3 Å². The van der Waals surface area contributed by atoms with Crippen LogP contribution in [0.1, 0.15) is 6.92 Å². The van der Waals surface area contributed by atoms with Gasteiger partial charge in [0.2, 0.25) is 0 Å². The molecule has 0 aromatic heterocycles. The Morgan fingerprint density at radius 1 is 0.938 bits per heavy atom. The number of hydrogen-bond donors (Lipinski definition) is 0. The highest BCUT2D eigenvalue weighted by atomic mass is 35.5. The molecular weight excluding hydrogens is 230 g/mol. The molecule has 98 valence electrons. The van der Waals surface area contributed by atoms with Crippen molar-refractivity contribution >= 4 is 11.6 Å². The maximum atomic E-state index is 5.67. The third-order valence-electron chi connectivity index (χ3n) is 2.20. The maximum Gasteiger partial charge on any atom is 0.0701 e. The first-order chi connectivity index (χ1) is 7.85. The van der Waals surface area contributed by atoms with E-state index in [4.69, 9.17) is 25.8 Å². The Kier molecular flexibility index (Phi) is 13.3. The molecule has 0 aromatic rings. The number of nitrogens with zero attached hydrogens (tertiary/aromatic N) is 1. The van der Waals surface area contributed by atoms with Crippen LogP contribution in [0.25, 0.3) is 0 Å². The summed E-state index contributed by atoms with van der Waals surface area (Å²) in [6.45, 7) is 8.27. The molecular formula is C11H24ClNO3. The molecule has 0 spiro atoms. The van der Waals surface area contributed by atoms with Gasteiger partial charge in [-0.1, -0.05) is 6.92 Å². The fraction of sp³-hybridized carbons (Fsp3) is 1.00. The molecule has 16 heavy (non-hydrogen) atoms. The predicted molar refractivity (Wildman–Crippen MR) is 66.3 cm³/mol. The minimum Gasteiger partial charge on any atom is -0.382 e. The van der Waals surface area contributed by atoms with Gasteiger partial charge in [0, 0.05) is 26.1 Å². The maximum absolute atomic E-state index is 5.67. The van der Waals surface area contributed by atoms with Crippen LogP contribution >= 0.6 is 11.6 Å². The molecule has 0 unspecified atom stereocenters. The fourth-order valence-corrected chi connectivity index (χ4v) is 1.44. The molecule has 0 aliphatic carbocycles. The first kappa shape index (κ1) is 16.1. The SMILES string of the molecule is CCN(CCCl)CCOCCOCCOC. The number of hydrogen-bond acceptors (Lipinski definition) is 4. The Hall–Kier alpha value is 0.130. The van der Waals surface area contributed by atoms with Crippen LogP contribution in [-0.4, -0.2) is 70.6 Å². The summed E-state index contributed by atoms with van der Waals surface area (Å²) in [5, 5.41) is 0. The van der Waals surface area contributed by atoms with Crippen molar-refractivity contribution in [2.45, 2.75) is 6.92 Å². The highest BCUT2D eigenvalue weighted by Gasteiger charge is 2.00. The smallest absolute Gasteiger partial charge is 0.0701 e. The molecule has 0 aliphatic rings. The van der Waals surface area contributed by atoms with E-state index in [2.05, 4.69) is 11.8 Å². The molecule has 0 bridgehead atoms. The van der Waals surface area contributed by atoms with Crippen LogP contribution in [0.4, 0.5) is 0 Å². The molecule has 0 saturated heterocycles. The lowest BCUT2D eigenvalue weighted by Crippen LogP contribution is -2.29. The van der Waals surface area contributed by atoms with E-state index in [1.165, 1.54) is 0 Å². The molecule has 4 nitrogen and oxygen atoms in total. The van der Waals surface area contributed by atoms with Crippen LogP contribution in [0.5, 0.6) is 0 Å². The van der Waals surface area contributed by atoms with Crippen LogP contribution in [0.3, 0.4) is 0 Å². The molecule has 0 atom stereocenters. The summed E-state index contributed by atoms with van der Waals surface area (Å²) in [4.78, 5) is 2.26. The van der Waals surface area contributed by atoms with Gasteiger partial charge in [-0.3, -0.25) is 0 Å². The van der Waals surface area contributed by atoms with Crippen LogP contribution in [0, 0.1) is 0 Å². The molecule has 0 saturated carbocycles. The zero-order valence-electron chi connectivity index (χ0n) is 10.4. The third kappa shape index (κ3) is 10.6. The first-order valence-corrected chi connectivity index (χ1v) is 6.31. The average molecular weight is 254 g/mol. The van der Waals surface area contributed by atoms with Gasteiger partial charge in [0.05, 0.1) is 33.0 Å². The van der Waals surface area contributed by atoms with Crippen molar-refractivity contribution in [1.82, 2.24) is 4.90 Å². The van der Waals surface area contributed by atoms with Gasteiger partial charge in [-0.15, -0.1) is 11.6 Å².